The van der Waals surface area contributed by atoms with Gasteiger partial charge >= 0.3 is 6.16 Å². The molecule has 6 atom stereocenters. The Labute approximate surface area is 156 Å². The predicted molar refractivity (Wildman–Crippen MR) is 102 cm³/mol. The maximum absolute atomic E-state index is 10.7. The van der Waals surface area contributed by atoms with Crippen LogP contribution < -0.4 is 0 Å². The van der Waals surface area contributed by atoms with Gasteiger partial charge < -0.3 is 9.84 Å². The van der Waals surface area contributed by atoms with E-state index < -0.39 is 6.16 Å². The zero-order valence-corrected chi connectivity index (χ0v) is 15.7. The van der Waals surface area contributed by atoms with Crippen LogP contribution in [0.5, 0.6) is 0 Å². The number of carboxylic acid groups (broad SMARTS) is 1. The Hall–Kier alpha value is -1.77. The molecule has 3 nitrogen and oxygen atoms in total. The number of ether oxygens (including phenoxy) is 1. The molecule has 0 unspecified atom stereocenters. The lowest BCUT2D eigenvalue weighted by Crippen LogP contribution is -2.46. The predicted octanol–water partition coefficient (Wildman–Crippen LogP) is 6.11. The van der Waals surface area contributed by atoms with Crippen LogP contribution in [0.25, 0.3) is 0 Å². The molecule has 0 radical (unpaired) electrons. The van der Waals surface area contributed by atoms with E-state index in [4.69, 9.17) is 5.11 Å². The Balaban J connectivity index is 1.63. The Bertz CT molecular complexity index is 700. The number of hydrogen-bond donors (Lipinski definition) is 1. The van der Waals surface area contributed by atoms with E-state index in [0.717, 1.165) is 23.8 Å². The van der Waals surface area contributed by atoms with Crippen LogP contribution in [0.2, 0.25) is 0 Å². The van der Waals surface area contributed by atoms with Gasteiger partial charge in [-0.1, -0.05) is 31.7 Å². The van der Waals surface area contributed by atoms with Gasteiger partial charge in [0.15, 0.2) is 0 Å². The quantitative estimate of drug-likeness (QED) is 0.370. The van der Waals surface area contributed by atoms with Crippen LogP contribution in [0, 0.1) is 35.0 Å². The maximum Gasteiger partial charge on any atom is 0.510 e. The molecule has 3 heteroatoms. The molecule has 1 N–H and O–H groups in total. The minimum absolute atomic E-state index is 0.0869. The van der Waals surface area contributed by atoms with Crippen molar-refractivity contribution in [1.82, 2.24) is 0 Å². The average Bonchev–Trinajstić information content (AvgIpc) is 2.82. The summed E-state index contributed by atoms with van der Waals surface area (Å²) in [6, 6.07) is 0. The van der Waals surface area contributed by atoms with Crippen molar-refractivity contribution in [3.63, 3.8) is 0 Å². The fourth-order valence-electron chi connectivity index (χ4n) is 6.85. The first-order valence-electron chi connectivity index (χ1n) is 10.1. The minimum Gasteiger partial charge on any atom is -0.449 e. The van der Waals surface area contributed by atoms with Crippen molar-refractivity contribution in [3.8, 4) is 0 Å². The van der Waals surface area contributed by atoms with E-state index in [1.807, 2.05) is 6.08 Å². The van der Waals surface area contributed by atoms with E-state index in [2.05, 4.69) is 30.9 Å². The highest BCUT2D eigenvalue weighted by Crippen LogP contribution is 2.66. The molecule has 0 aromatic heterocycles. The number of fused-ring (bicyclic) bond motifs is 5. The lowest BCUT2D eigenvalue weighted by atomic mass is 9.51. The van der Waals surface area contributed by atoms with Crippen LogP contribution in [0.3, 0.4) is 0 Å². The highest BCUT2D eigenvalue weighted by atomic mass is 16.7. The van der Waals surface area contributed by atoms with E-state index in [1.165, 1.54) is 50.4 Å². The lowest BCUT2D eigenvalue weighted by Gasteiger charge is -2.53. The summed E-state index contributed by atoms with van der Waals surface area (Å²) < 4.78 is 4.65. The van der Waals surface area contributed by atoms with Crippen molar-refractivity contribution in [1.29, 1.82) is 0 Å². The highest BCUT2D eigenvalue weighted by Gasteiger charge is 2.58. The smallest absolute Gasteiger partial charge is 0.449 e. The van der Waals surface area contributed by atoms with Gasteiger partial charge in [-0.15, -0.1) is 0 Å². The van der Waals surface area contributed by atoms with Gasteiger partial charge in [0.2, 0.25) is 0 Å². The molecule has 140 valence electrons. The summed E-state index contributed by atoms with van der Waals surface area (Å²) in [4.78, 5) is 10.7. The van der Waals surface area contributed by atoms with Crippen molar-refractivity contribution in [3.05, 3.63) is 48.3 Å². The van der Waals surface area contributed by atoms with Crippen LogP contribution in [0.15, 0.2) is 48.3 Å². The van der Waals surface area contributed by atoms with Crippen LogP contribution in [0.1, 0.15) is 51.9 Å². The lowest BCUT2D eigenvalue weighted by molar-refractivity contribution is -0.000185. The monoisotopic (exact) mass is 354 g/mol. The third kappa shape index (κ3) is 2.59. The van der Waals surface area contributed by atoms with Crippen LogP contribution >= 0.6 is 0 Å². The molecule has 0 aromatic rings. The fraction of sp³-hybridized carbons (Fsp3) is 0.609. The largest absolute Gasteiger partial charge is 0.510 e. The van der Waals surface area contributed by atoms with Crippen molar-refractivity contribution in [2.24, 2.45) is 35.0 Å². The highest BCUT2D eigenvalue weighted by molar-refractivity contribution is 5.57. The summed E-state index contributed by atoms with van der Waals surface area (Å²) >= 11 is 0. The first-order valence-corrected chi connectivity index (χ1v) is 10.1. The summed E-state index contributed by atoms with van der Waals surface area (Å²) in [5, 5.41) is 8.75. The zero-order chi connectivity index (χ0) is 18.5. The summed E-state index contributed by atoms with van der Waals surface area (Å²) in [5.74, 6) is 2.87. The van der Waals surface area contributed by atoms with Crippen molar-refractivity contribution >= 4 is 6.16 Å². The van der Waals surface area contributed by atoms with Crippen molar-refractivity contribution < 1.29 is 14.6 Å². The fourth-order valence-corrected chi connectivity index (χ4v) is 6.85. The van der Waals surface area contributed by atoms with Gasteiger partial charge in [0.25, 0.3) is 0 Å². The molecule has 0 heterocycles. The molecule has 0 aliphatic heterocycles. The summed E-state index contributed by atoms with van der Waals surface area (Å²) in [7, 11) is 0. The topological polar surface area (TPSA) is 46.5 Å². The molecular weight excluding hydrogens is 324 g/mol. The van der Waals surface area contributed by atoms with E-state index in [-0.39, 0.29) is 11.3 Å². The molecule has 0 bridgehead atoms. The molecule has 4 aliphatic carbocycles. The van der Waals surface area contributed by atoms with Crippen LogP contribution in [-0.4, -0.2) is 11.3 Å². The second-order valence-electron chi connectivity index (χ2n) is 8.95. The molecule has 0 amide bonds. The SMILES string of the molecule is C=C1C(=C)[C@H]2[C@@H]3CCC4=CCCC[C@@H]4[C@H]3CC[C@]2(C)[C@@H]1/C=C\OC(=O)O. The minimum atomic E-state index is -1.27. The Morgan fingerprint density at radius 3 is 2.85 bits per heavy atom. The zero-order valence-electron chi connectivity index (χ0n) is 15.7. The summed E-state index contributed by atoms with van der Waals surface area (Å²) in [6.45, 7) is 11.1. The second-order valence-corrected chi connectivity index (χ2v) is 8.95. The molecular formula is C23H30O3. The van der Waals surface area contributed by atoms with Gasteiger partial charge in [0.05, 0.1) is 6.26 Å². The Morgan fingerprint density at radius 1 is 1.27 bits per heavy atom. The average molecular weight is 354 g/mol. The number of carbonyl (C=O) groups is 1. The summed E-state index contributed by atoms with van der Waals surface area (Å²) in [6.07, 6.45) is 13.4. The van der Waals surface area contributed by atoms with E-state index in [0.29, 0.717) is 11.8 Å². The van der Waals surface area contributed by atoms with Gasteiger partial charge in [-0.2, -0.15) is 0 Å². The summed E-state index contributed by atoms with van der Waals surface area (Å²) in [5.41, 5.74) is 4.10. The number of rotatable bonds is 2. The van der Waals surface area contributed by atoms with Crippen molar-refractivity contribution in [2.75, 3.05) is 0 Å². The molecule has 4 aliphatic rings. The number of allylic oxidation sites excluding steroid dienone is 5. The Kier molecular flexibility index (Phi) is 4.37. The molecule has 0 spiro atoms. The Morgan fingerprint density at radius 2 is 2.08 bits per heavy atom. The number of hydrogen-bond acceptors (Lipinski definition) is 2. The molecule has 3 fully saturated rings. The van der Waals surface area contributed by atoms with Gasteiger partial charge in [-0.05, 0) is 91.3 Å². The molecule has 26 heavy (non-hydrogen) atoms. The third-order valence-corrected chi connectivity index (χ3v) is 7.90. The normalized spacial score (nSPS) is 42.0. The van der Waals surface area contributed by atoms with Gasteiger partial charge in [-0.3, -0.25) is 0 Å². The first-order chi connectivity index (χ1) is 12.4. The van der Waals surface area contributed by atoms with Crippen LogP contribution in [0.4, 0.5) is 4.79 Å². The standard InChI is InChI=1S/C23H30O3/c1-14-15(2)21-19-9-8-16-6-4-5-7-17(16)18(19)10-12-23(21,3)20(14)11-13-26-22(24)25/h6,11,13,17-21H,1-2,4-5,7-10,12H2,3H3,(H,24,25)/b13-11-/t17-,18+,19+,20+,21-,23+/m0/s1. The first kappa shape index (κ1) is 17.6. The van der Waals surface area contributed by atoms with Crippen molar-refractivity contribution in [2.45, 2.75) is 51.9 Å². The second kappa shape index (κ2) is 6.44. The van der Waals surface area contributed by atoms with Gasteiger partial charge in [0, 0.05) is 5.92 Å². The molecule has 0 aromatic carbocycles. The van der Waals surface area contributed by atoms with Gasteiger partial charge in [0.1, 0.15) is 0 Å². The molecule has 0 saturated heterocycles. The molecule has 4 rings (SSSR count). The molecule has 3 saturated carbocycles. The third-order valence-electron chi connectivity index (χ3n) is 7.90. The van der Waals surface area contributed by atoms with Crippen LogP contribution in [-0.2, 0) is 4.74 Å². The van der Waals surface area contributed by atoms with Gasteiger partial charge in [-0.25, -0.2) is 4.79 Å². The van der Waals surface area contributed by atoms with E-state index in [9.17, 15) is 4.79 Å². The van der Waals surface area contributed by atoms with E-state index in [1.54, 1.807) is 5.57 Å². The van der Waals surface area contributed by atoms with E-state index >= 15 is 0 Å². The maximum atomic E-state index is 10.7.